The van der Waals surface area contributed by atoms with Crippen molar-refractivity contribution in [2.75, 3.05) is 31.1 Å². The first-order chi connectivity index (χ1) is 8.59. The Morgan fingerprint density at radius 1 is 1.17 bits per heavy atom. The zero-order valence-electron chi connectivity index (χ0n) is 11.1. The molecule has 4 heteroatoms. The van der Waals surface area contributed by atoms with Crippen LogP contribution in [0.3, 0.4) is 0 Å². The molecule has 1 aromatic carbocycles. The zero-order valence-corrected chi connectivity index (χ0v) is 11.9. The molecule has 2 rings (SSSR count). The Kier molecular flexibility index (Phi) is 4.19. The predicted octanol–water partition coefficient (Wildman–Crippen LogP) is 1.85. The molecule has 1 saturated heterocycles. The van der Waals surface area contributed by atoms with Gasteiger partial charge in [-0.25, -0.2) is 0 Å². The number of nitrogens with two attached hydrogens (primary N) is 1. The van der Waals surface area contributed by atoms with Gasteiger partial charge in [-0.3, -0.25) is 4.90 Å². The topological polar surface area (TPSA) is 32.5 Å². The number of hydrogen-bond acceptors (Lipinski definition) is 3. The van der Waals surface area contributed by atoms with E-state index in [1.165, 1.54) is 5.69 Å². The van der Waals surface area contributed by atoms with Crippen LogP contribution in [0, 0.1) is 0 Å². The van der Waals surface area contributed by atoms with Crippen molar-refractivity contribution < 1.29 is 0 Å². The van der Waals surface area contributed by atoms with Gasteiger partial charge in [0, 0.05) is 43.5 Å². The third kappa shape index (κ3) is 2.82. The van der Waals surface area contributed by atoms with Crippen LogP contribution in [0.2, 0.25) is 0 Å². The van der Waals surface area contributed by atoms with E-state index in [1.54, 1.807) is 0 Å². The molecule has 0 radical (unpaired) electrons. The molecule has 0 saturated carbocycles. The third-order valence-electron chi connectivity index (χ3n) is 3.55. The molecule has 98 valence electrons. The first kappa shape index (κ1) is 13.3. The third-order valence-corrected chi connectivity index (χ3v) is 3.77. The summed E-state index contributed by atoms with van der Waals surface area (Å²) in [4.78, 5) is 5.37. The highest BCUT2D eigenvalue weighted by atomic mass is 32.1. The maximum absolute atomic E-state index is 5.79. The van der Waals surface area contributed by atoms with Crippen molar-refractivity contribution in [1.29, 1.82) is 0 Å². The maximum Gasteiger partial charge on any atom is 0.106 e. The average Bonchev–Trinajstić information content (AvgIpc) is 2.39. The maximum atomic E-state index is 5.79. The largest absolute Gasteiger partial charge is 0.389 e. The number of hydrogen-bond donors (Lipinski definition) is 1. The van der Waals surface area contributed by atoms with Gasteiger partial charge < -0.3 is 10.6 Å². The Bertz CT molecular complexity index is 423. The lowest BCUT2D eigenvalue weighted by molar-refractivity contribution is 0.209. The lowest BCUT2D eigenvalue weighted by atomic mass is 10.1. The van der Waals surface area contributed by atoms with Crippen molar-refractivity contribution in [3.8, 4) is 0 Å². The minimum atomic E-state index is 0.483. The molecule has 0 aromatic heterocycles. The molecule has 0 spiro atoms. The van der Waals surface area contributed by atoms with Crippen molar-refractivity contribution in [3.05, 3.63) is 29.8 Å². The molecule has 0 aliphatic carbocycles. The first-order valence-corrected chi connectivity index (χ1v) is 6.88. The summed E-state index contributed by atoms with van der Waals surface area (Å²) in [6, 6.07) is 8.78. The Hall–Kier alpha value is -1.13. The van der Waals surface area contributed by atoms with Gasteiger partial charge in [-0.05, 0) is 26.0 Å². The lowest BCUT2D eigenvalue weighted by Crippen LogP contribution is -2.49. The van der Waals surface area contributed by atoms with Crippen LogP contribution in [0.15, 0.2) is 24.3 Å². The van der Waals surface area contributed by atoms with E-state index in [0.29, 0.717) is 11.0 Å². The average molecular weight is 263 g/mol. The number of piperazine rings is 1. The fourth-order valence-corrected chi connectivity index (χ4v) is 2.61. The van der Waals surface area contributed by atoms with Gasteiger partial charge in [-0.2, -0.15) is 0 Å². The van der Waals surface area contributed by atoms with E-state index in [9.17, 15) is 0 Å². The molecule has 1 fully saturated rings. The summed E-state index contributed by atoms with van der Waals surface area (Å²) in [6.07, 6.45) is 0. The Morgan fingerprint density at radius 2 is 1.78 bits per heavy atom. The molecule has 3 nitrogen and oxygen atoms in total. The summed E-state index contributed by atoms with van der Waals surface area (Å²) in [5, 5.41) is 0. The van der Waals surface area contributed by atoms with Crippen LogP contribution in [-0.4, -0.2) is 42.1 Å². The van der Waals surface area contributed by atoms with Gasteiger partial charge >= 0.3 is 0 Å². The van der Waals surface area contributed by atoms with Gasteiger partial charge in [0.1, 0.15) is 4.99 Å². The number of anilines is 1. The van der Waals surface area contributed by atoms with Crippen molar-refractivity contribution in [3.63, 3.8) is 0 Å². The molecule has 1 aliphatic heterocycles. The van der Waals surface area contributed by atoms with Gasteiger partial charge in [0.25, 0.3) is 0 Å². The van der Waals surface area contributed by atoms with E-state index in [0.717, 1.165) is 31.7 Å². The monoisotopic (exact) mass is 263 g/mol. The Labute approximate surface area is 115 Å². The molecular weight excluding hydrogens is 242 g/mol. The van der Waals surface area contributed by atoms with Gasteiger partial charge in [0.2, 0.25) is 0 Å². The summed E-state index contributed by atoms with van der Waals surface area (Å²) in [7, 11) is 0. The minimum absolute atomic E-state index is 0.483. The summed E-state index contributed by atoms with van der Waals surface area (Å²) >= 11 is 5.12. The highest BCUT2D eigenvalue weighted by molar-refractivity contribution is 7.80. The number of nitrogens with zero attached hydrogens (tertiary/aromatic N) is 2. The second-order valence-corrected chi connectivity index (χ2v) is 5.44. The fourth-order valence-electron chi connectivity index (χ4n) is 2.44. The van der Waals surface area contributed by atoms with E-state index in [4.69, 9.17) is 18.0 Å². The van der Waals surface area contributed by atoms with Crippen LogP contribution in [0.4, 0.5) is 5.69 Å². The van der Waals surface area contributed by atoms with Crippen LogP contribution in [-0.2, 0) is 0 Å². The van der Waals surface area contributed by atoms with Crippen molar-refractivity contribution in [1.82, 2.24) is 4.90 Å². The van der Waals surface area contributed by atoms with E-state index in [2.05, 4.69) is 29.7 Å². The van der Waals surface area contributed by atoms with Crippen molar-refractivity contribution >= 4 is 22.9 Å². The minimum Gasteiger partial charge on any atom is -0.389 e. The predicted molar refractivity (Wildman–Crippen MR) is 81.3 cm³/mol. The quantitative estimate of drug-likeness (QED) is 0.844. The summed E-state index contributed by atoms with van der Waals surface area (Å²) < 4.78 is 0. The summed E-state index contributed by atoms with van der Waals surface area (Å²) in [6.45, 7) is 8.78. The van der Waals surface area contributed by atoms with Crippen molar-refractivity contribution in [2.24, 2.45) is 5.73 Å². The summed E-state index contributed by atoms with van der Waals surface area (Å²) in [5.41, 5.74) is 7.96. The molecule has 1 heterocycles. The van der Waals surface area contributed by atoms with Crippen LogP contribution in [0.1, 0.15) is 19.4 Å². The number of thiocarbonyl (C=S) groups is 1. The van der Waals surface area contributed by atoms with E-state index < -0.39 is 0 Å². The highest BCUT2D eigenvalue weighted by Gasteiger charge is 2.20. The molecular formula is C14H21N3S. The highest BCUT2D eigenvalue weighted by Crippen LogP contribution is 2.22. The molecule has 2 N–H and O–H groups in total. The molecule has 0 bridgehead atoms. The molecule has 0 amide bonds. The van der Waals surface area contributed by atoms with Crippen LogP contribution in [0.5, 0.6) is 0 Å². The smallest absolute Gasteiger partial charge is 0.106 e. The Morgan fingerprint density at radius 3 is 2.33 bits per heavy atom. The number of benzene rings is 1. The molecule has 0 atom stereocenters. The fraction of sp³-hybridized carbons (Fsp3) is 0.500. The van der Waals surface area contributed by atoms with Crippen LogP contribution < -0.4 is 10.6 Å². The second kappa shape index (κ2) is 5.67. The molecule has 18 heavy (non-hydrogen) atoms. The standard InChI is InChI=1S/C14H21N3S/c1-11(2)16-7-9-17(10-8-16)13-6-4-3-5-12(13)14(15)18/h3-6,11H,7-10H2,1-2H3,(H2,15,18). The normalized spacial score (nSPS) is 17.2. The van der Waals surface area contributed by atoms with E-state index >= 15 is 0 Å². The molecule has 0 unspecified atom stereocenters. The SMILES string of the molecule is CC(C)N1CCN(c2ccccc2C(N)=S)CC1. The molecule has 1 aliphatic rings. The van der Waals surface area contributed by atoms with Crippen molar-refractivity contribution in [2.45, 2.75) is 19.9 Å². The zero-order chi connectivity index (χ0) is 13.1. The number of rotatable bonds is 3. The van der Waals surface area contributed by atoms with Gasteiger partial charge in [0.15, 0.2) is 0 Å². The second-order valence-electron chi connectivity index (χ2n) is 5.00. The van der Waals surface area contributed by atoms with Crippen LogP contribution >= 0.6 is 12.2 Å². The lowest BCUT2D eigenvalue weighted by Gasteiger charge is -2.38. The Balaban J connectivity index is 2.12. The van der Waals surface area contributed by atoms with Gasteiger partial charge in [-0.1, -0.05) is 24.4 Å². The van der Waals surface area contributed by atoms with E-state index in [1.807, 2.05) is 18.2 Å². The first-order valence-electron chi connectivity index (χ1n) is 6.47. The summed E-state index contributed by atoms with van der Waals surface area (Å²) in [5.74, 6) is 0. The number of para-hydroxylation sites is 1. The molecule has 1 aromatic rings. The van der Waals surface area contributed by atoms with E-state index in [-0.39, 0.29) is 0 Å². The van der Waals surface area contributed by atoms with Crippen LogP contribution in [0.25, 0.3) is 0 Å². The van der Waals surface area contributed by atoms with Gasteiger partial charge in [0.05, 0.1) is 0 Å². The van der Waals surface area contributed by atoms with Gasteiger partial charge in [-0.15, -0.1) is 0 Å².